The number of hydrogen-bond acceptors (Lipinski definition) is 6. The van der Waals surface area contributed by atoms with Crippen molar-refractivity contribution >= 4 is 15.7 Å². The average molecular weight is 389 g/mol. The summed E-state index contributed by atoms with van der Waals surface area (Å²) < 4.78 is 39.8. The molecule has 1 aliphatic rings. The minimum atomic E-state index is -4.03. The smallest absolute Gasteiger partial charge is 0.295 e. The zero-order chi connectivity index (χ0) is 19.6. The molecule has 27 heavy (non-hydrogen) atoms. The molecule has 7 nitrogen and oxygen atoms in total. The van der Waals surface area contributed by atoms with Crippen molar-refractivity contribution in [2.45, 2.75) is 5.92 Å². The van der Waals surface area contributed by atoms with Crippen molar-refractivity contribution < 1.29 is 12.8 Å². The fourth-order valence-corrected chi connectivity index (χ4v) is 3.92. The molecule has 2 aromatic rings. The van der Waals surface area contributed by atoms with E-state index in [0.29, 0.717) is 5.71 Å². The molecule has 0 bridgehead atoms. The van der Waals surface area contributed by atoms with Crippen molar-refractivity contribution in [2.75, 3.05) is 13.6 Å². The van der Waals surface area contributed by atoms with Crippen molar-refractivity contribution in [3.05, 3.63) is 82.8 Å². The number of sulfonamides is 1. The molecule has 1 atom stereocenters. The lowest BCUT2D eigenvalue weighted by molar-refractivity contribution is 0.450. The van der Waals surface area contributed by atoms with E-state index in [0.717, 1.165) is 26.7 Å². The monoisotopic (exact) mass is 389 g/mol. The van der Waals surface area contributed by atoms with E-state index in [1.54, 1.807) is 12.1 Å². The van der Waals surface area contributed by atoms with Crippen LogP contribution >= 0.6 is 0 Å². The lowest BCUT2D eigenvalue weighted by Gasteiger charge is -2.17. The van der Waals surface area contributed by atoms with Gasteiger partial charge in [0, 0.05) is 13.0 Å². The molecule has 0 aliphatic carbocycles. The molecular formula is C18H20FN5O2S. The second-order valence-electron chi connectivity index (χ2n) is 6.16. The van der Waals surface area contributed by atoms with E-state index < -0.39 is 15.1 Å². The summed E-state index contributed by atoms with van der Waals surface area (Å²) in [5, 5.41) is 4.97. The highest BCUT2D eigenvalue weighted by Crippen LogP contribution is 2.31. The predicted octanol–water partition coefficient (Wildman–Crippen LogP) is 1.52. The fraction of sp³-hybridized carbons (Fsp3) is 0.167. The number of hydrazone groups is 1. The van der Waals surface area contributed by atoms with E-state index in [2.05, 4.69) is 5.10 Å². The van der Waals surface area contributed by atoms with E-state index >= 15 is 0 Å². The van der Waals surface area contributed by atoms with Gasteiger partial charge in [0.05, 0.1) is 18.5 Å². The molecule has 0 spiro atoms. The molecule has 0 aromatic heterocycles. The van der Waals surface area contributed by atoms with Gasteiger partial charge in [-0.3, -0.25) is 0 Å². The molecule has 0 saturated heterocycles. The maximum atomic E-state index is 13.3. The second kappa shape index (κ2) is 7.37. The number of hydrogen-bond donors (Lipinski definition) is 2. The Kier molecular flexibility index (Phi) is 5.15. The molecule has 1 heterocycles. The Morgan fingerprint density at radius 2 is 1.85 bits per heavy atom. The van der Waals surface area contributed by atoms with Crippen LogP contribution in [0.25, 0.3) is 0 Å². The maximum absolute atomic E-state index is 13.3. The number of halogens is 1. The molecule has 142 valence electrons. The van der Waals surface area contributed by atoms with Crippen molar-refractivity contribution in [3.8, 4) is 0 Å². The summed E-state index contributed by atoms with van der Waals surface area (Å²) in [5.74, 6) is 4.74. The summed E-state index contributed by atoms with van der Waals surface area (Å²) in [7, 11) is -2.57. The highest BCUT2D eigenvalue weighted by molar-refractivity contribution is 7.92. The van der Waals surface area contributed by atoms with Gasteiger partial charge in [0.2, 0.25) is 0 Å². The normalized spacial score (nSPS) is 17.7. The Labute approximate surface area is 157 Å². The van der Waals surface area contributed by atoms with Gasteiger partial charge in [-0.15, -0.1) is 0 Å². The van der Waals surface area contributed by atoms with Gasteiger partial charge in [-0.05, 0) is 23.3 Å². The van der Waals surface area contributed by atoms with E-state index in [1.807, 2.05) is 30.3 Å². The molecule has 1 unspecified atom stereocenters. The Morgan fingerprint density at radius 3 is 2.44 bits per heavy atom. The first-order valence-corrected chi connectivity index (χ1v) is 9.60. The van der Waals surface area contributed by atoms with Gasteiger partial charge >= 0.3 is 0 Å². The zero-order valence-corrected chi connectivity index (χ0v) is 15.5. The SMILES string of the molecule is CN(N)/C=C(\N)S(=O)(=O)N1CC(c2ccc(F)cc2)C(c2ccccc2)=N1. The topological polar surface area (TPSA) is 105 Å². The minimum Gasteiger partial charge on any atom is -0.387 e. The van der Waals surface area contributed by atoms with E-state index in [-0.39, 0.29) is 18.3 Å². The Morgan fingerprint density at radius 1 is 1.22 bits per heavy atom. The highest BCUT2D eigenvalue weighted by atomic mass is 32.2. The molecule has 0 amide bonds. The summed E-state index contributed by atoms with van der Waals surface area (Å²) in [5.41, 5.74) is 7.82. The lowest BCUT2D eigenvalue weighted by Crippen LogP contribution is -2.32. The van der Waals surface area contributed by atoms with Crippen LogP contribution in [0, 0.1) is 5.82 Å². The molecular weight excluding hydrogens is 369 g/mol. The van der Waals surface area contributed by atoms with Crippen molar-refractivity contribution in [1.82, 2.24) is 9.42 Å². The first-order valence-electron chi connectivity index (χ1n) is 8.16. The summed E-state index contributed by atoms with van der Waals surface area (Å²) in [6.07, 6.45) is 1.11. The quantitative estimate of drug-likeness (QED) is 0.596. The van der Waals surface area contributed by atoms with Gasteiger partial charge in [0.25, 0.3) is 10.0 Å². The first kappa shape index (κ1) is 18.9. The summed E-state index contributed by atoms with van der Waals surface area (Å²) in [6, 6.07) is 15.2. The first-order chi connectivity index (χ1) is 12.8. The average Bonchev–Trinajstić information content (AvgIpc) is 3.08. The van der Waals surface area contributed by atoms with Gasteiger partial charge in [0.15, 0.2) is 5.03 Å². The number of hydrazine groups is 1. The van der Waals surface area contributed by atoms with Gasteiger partial charge in [0.1, 0.15) is 5.82 Å². The number of nitrogens with zero attached hydrogens (tertiary/aromatic N) is 3. The van der Waals surface area contributed by atoms with Crippen LogP contribution in [0.3, 0.4) is 0 Å². The predicted molar refractivity (Wildman–Crippen MR) is 102 cm³/mol. The van der Waals surface area contributed by atoms with Gasteiger partial charge in [-0.25, -0.2) is 10.2 Å². The van der Waals surface area contributed by atoms with Crippen LogP contribution in [-0.2, 0) is 10.0 Å². The van der Waals surface area contributed by atoms with Gasteiger partial charge < -0.3 is 10.7 Å². The molecule has 0 fully saturated rings. The molecule has 9 heteroatoms. The largest absolute Gasteiger partial charge is 0.387 e. The fourth-order valence-electron chi connectivity index (χ4n) is 2.84. The van der Waals surface area contributed by atoms with Crippen LogP contribution in [0.4, 0.5) is 4.39 Å². The third-order valence-electron chi connectivity index (χ3n) is 4.14. The number of nitrogens with two attached hydrogens (primary N) is 2. The zero-order valence-electron chi connectivity index (χ0n) is 14.7. The van der Waals surface area contributed by atoms with Crippen LogP contribution < -0.4 is 11.6 Å². The second-order valence-corrected chi connectivity index (χ2v) is 8.01. The van der Waals surface area contributed by atoms with Crippen LogP contribution in [-0.4, -0.2) is 37.1 Å². The van der Waals surface area contributed by atoms with Gasteiger partial charge in [-0.1, -0.05) is 42.5 Å². The molecule has 4 N–H and O–H groups in total. The molecule has 0 saturated carbocycles. The molecule has 0 radical (unpaired) electrons. The van der Waals surface area contributed by atoms with E-state index in [1.165, 1.54) is 19.2 Å². The summed E-state index contributed by atoms with van der Waals surface area (Å²) in [6.45, 7) is 0.0566. The summed E-state index contributed by atoms with van der Waals surface area (Å²) in [4.78, 5) is 0. The molecule has 1 aliphatic heterocycles. The third kappa shape index (κ3) is 3.93. The highest BCUT2D eigenvalue weighted by Gasteiger charge is 2.36. The van der Waals surface area contributed by atoms with E-state index in [9.17, 15) is 12.8 Å². The van der Waals surface area contributed by atoms with Crippen molar-refractivity contribution in [3.63, 3.8) is 0 Å². The Balaban J connectivity index is 2.04. The molecule has 3 rings (SSSR count). The van der Waals surface area contributed by atoms with Crippen molar-refractivity contribution in [1.29, 1.82) is 0 Å². The maximum Gasteiger partial charge on any atom is 0.295 e. The van der Waals surface area contributed by atoms with Gasteiger partial charge in [-0.2, -0.15) is 17.9 Å². The van der Waals surface area contributed by atoms with Crippen molar-refractivity contribution in [2.24, 2.45) is 16.7 Å². The Hall–Kier alpha value is -2.91. The van der Waals surface area contributed by atoms with Crippen LogP contribution in [0.15, 0.2) is 70.9 Å². The minimum absolute atomic E-state index is 0.0566. The van der Waals surface area contributed by atoms with E-state index in [4.69, 9.17) is 11.6 Å². The van der Waals surface area contributed by atoms with Crippen LogP contribution in [0.5, 0.6) is 0 Å². The Bertz CT molecular complexity index is 973. The van der Waals surface area contributed by atoms with Crippen LogP contribution in [0.1, 0.15) is 17.0 Å². The lowest BCUT2D eigenvalue weighted by atomic mass is 9.91. The summed E-state index contributed by atoms with van der Waals surface area (Å²) >= 11 is 0. The van der Waals surface area contributed by atoms with Crippen LogP contribution in [0.2, 0.25) is 0 Å². The molecule has 2 aromatic carbocycles. The third-order valence-corrected chi connectivity index (χ3v) is 5.62. The number of rotatable bonds is 5. The number of benzene rings is 2. The standard InChI is InChI=1S/C18H20FN5O2S/c1-23(21)12-17(20)27(25,26)24-11-16(13-7-9-15(19)10-8-13)18(22-24)14-5-3-2-4-6-14/h2-10,12,16H,11,20-21H2,1H3/b17-12+.